The third-order valence-corrected chi connectivity index (χ3v) is 5.18. The molecule has 140 valence electrons. The monoisotopic (exact) mass is 366 g/mol. The molecule has 5 rings (SSSR count). The highest BCUT2D eigenvalue weighted by atomic mass is 16.5. The zero-order chi connectivity index (χ0) is 18.1. The Bertz CT molecular complexity index is 914. The lowest BCUT2D eigenvalue weighted by molar-refractivity contribution is 0.122. The SMILES string of the molecule is c1nc(N2CCOCC2)cc(N2CCN(c3nccn4nccc34)CC2)n1. The van der Waals surface area contributed by atoms with Crippen LogP contribution < -0.4 is 14.7 Å². The van der Waals surface area contributed by atoms with Crippen LogP contribution in [0.2, 0.25) is 0 Å². The fourth-order valence-electron chi connectivity index (χ4n) is 3.71. The molecule has 0 unspecified atom stereocenters. The number of nitrogens with zero attached hydrogens (tertiary/aromatic N) is 8. The molecule has 2 fully saturated rings. The molecule has 0 bridgehead atoms. The average molecular weight is 366 g/mol. The van der Waals surface area contributed by atoms with Crippen LogP contribution in [0.5, 0.6) is 0 Å². The predicted molar refractivity (Wildman–Crippen MR) is 102 cm³/mol. The Labute approximate surface area is 157 Å². The largest absolute Gasteiger partial charge is 0.378 e. The van der Waals surface area contributed by atoms with Gasteiger partial charge in [0.05, 0.1) is 19.4 Å². The number of ether oxygens (including phenoxy) is 1. The Morgan fingerprint density at radius 1 is 0.778 bits per heavy atom. The first-order valence-electron chi connectivity index (χ1n) is 9.31. The smallest absolute Gasteiger partial charge is 0.154 e. The molecule has 9 heteroatoms. The summed E-state index contributed by atoms with van der Waals surface area (Å²) < 4.78 is 7.30. The summed E-state index contributed by atoms with van der Waals surface area (Å²) in [5.74, 6) is 2.96. The molecular weight excluding hydrogens is 344 g/mol. The molecule has 0 aromatic carbocycles. The number of hydrogen-bond acceptors (Lipinski definition) is 8. The van der Waals surface area contributed by atoms with Crippen molar-refractivity contribution in [1.82, 2.24) is 24.6 Å². The molecule has 2 aliphatic rings. The molecule has 2 aliphatic heterocycles. The number of fused-ring (bicyclic) bond motifs is 1. The first kappa shape index (κ1) is 16.2. The van der Waals surface area contributed by atoms with Gasteiger partial charge in [-0.3, -0.25) is 0 Å². The van der Waals surface area contributed by atoms with E-state index in [9.17, 15) is 0 Å². The molecule has 9 nitrogen and oxygen atoms in total. The van der Waals surface area contributed by atoms with Crippen molar-refractivity contribution in [3.63, 3.8) is 0 Å². The molecule has 0 amide bonds. The molecule has 2 saturated heterocycles. The topological polar surface area (TPSA) is 74.9 Å². The number of hydrogen-bond donors (Lipinski definition) is 0. The molecule has 27 heavy (non-hydrogen) atoms. The third-order valence-electron chi connectivity index (χ3n) is 5.18. The van der Waals surface area contributed by atoms with Crippen LogP contribution in [0, 0.1) is 0 Å². The second kappa shape index (κ2) is 6.99. The maximum Gasteiger partial charge on any atom is 0.154 e. The van der Waals surface area contributed by atoms with E-state index in [-0.39, 0.29) is 0 Å². The summed E-state index contributed by atoms with van der Waals surface area (Å²) in [6, 6.07) is 4.10. The standard InChI is InChI=1S/C18H22N8O/c1-2-22-26-4-3-19-18(15(1)26)25-7-5-23(6-8-25)16-13-17(21-14-20-16)24-9-11-27-12-10-24/h1-4,13-14H,5-12H2. The van der Waals surface area contributed by atoms with Crippen molar-refractivity contribution in [1.29, 1.82) is 0 Å². The molecule has 0 aliphatic carbocycles. The predicted octanol–water partition coefficient (Wildman–Crippen LogP) is 0.682. The zero-order valence-electron chi connectivity index (χ0n) is 15.1. The van der Waals surface area contributed by atoms with Gasteiger partial charge in [0.1, 0.15) is 23.5 Å². The number of rotatable bonds is 3. The molecule has 3 aromatic heterocycles. The van der Waals surface area contributed by atoms with Crippen molar-refractivity contribution in [2.24, 2.45) is 0 Å². The Kier molecular flexibility index (Phi) is 4.21. The molecule has 5 heterocycles. The van der Waals surface area contributed by atoms with Crippen LogP contribution in [0.3, 0.4) is 0 Å². The lowest BCUT2D eigenvalue weighted by Gasteiger charge is -2.36. The van der Waals surface area contributed by atoms with Crippen molar-refractivity contribution in [2.75, 3.05) is 67.2 Å². The highest BCUT2D eigenvalue weighted by molar-refractivity contribution is 5.68. The molecule has 3 aromatic rings. The van der Waals surface area contributed by atoms with Gasteiger partial charge in [0, 0.05) is 57.7 Å². The number of piperazine rings is 1. The summed E-state index contributed by atoms with van der Waals surface area (Å²) in [7, 11) is 0. The number of anilines is 3. The molecular formula is C18H22N8O. The van der Waals surface area contributed by atoms with Gasteiger partial charge >= 0.3 is 0 Å². The lowest BCUT2D eigenvalue weighted by Crippen LogP contribution is -2.47. The van der Waals surface area contributed by atoms with Crippen molar-refractivity contribution in [3.05, 3.63) is 37.1 Å². The second-order valence-corrected chi connectivity index (χ2v) is 6.72. The third kappa shape index (κ3) is 3.14. The Morgan fingerprint density at radius 3 is 2.26 bits per heavy atom. The Hall–Kier alpha value is -2.94. The van der Waals surface area contributed by atoms with Crippen molar-refractivity contribution >= 4 is 23.0 Å². The van der Waals surface area contributed by atoms with Crippen LogP contribution >= 0.6 is 0 Å². The number of aromatic nitrogens is 5. The van der Waals surface area contributed by atoms with E-state index in [2.05, 4.69) is 40.8 Å². The fourth-order valence-corrected chi connectivity index (χ4v) is 3.71. The van der Waals surface area contributed by atoms with Gasteiger partial charge in [-0.2, -0.15) is 5.10 Å². The van der Waals surface area contributed by atoms with Gasteiger partial charge in [-0.25, -0.2) is 19.5 Å². The molecule has 0 radical (unpaired) electrons. The van der Waals surface area contributed by atoms with Gasteiger partial charge in [-0.1, -0.05) is 0 Å². The summed E-state index contributed by atoms with van der Waals surface area (Å²) in [6.45, 7) is 6.86. The quantitative estimate of drug-likeness (QED) is 0.670. The van der Waals surface area contributed by atoms with E-state index in [4.69, 9.17) is 4.74 Å². The summed E-state index contributed by atoms with van der Waals surface area (Å²) in [6.07, 6.45) is 7.16. The minimum absolute atomic E-state index is 0.755. The summed E-state index contributed by atoms with van der Waals surface area (Å²) in [5.41, 5.74) is 1.04. The minimum atomic E-state index is 0.755. The molecule has 0 N–H and O–H groups in total. The maximum atomic E-state index is 5.43. The highest BCUT2D eigenvalue weighted by Gasteiger charge is 2.22. The average Bonchev–Trinajstić information content (AvgIpc) is 3.24. The minimum Gasteiger partial charge on any atom is -0.378 e. The first-order valence-corrected chi connectivity index (χ1v) is 9.31. The van der Waals surface area contributed by atoms with Crippen molar-refractivity contribution in [3.8, 4) is 0 Å². The normalized spacial score (nSPS) is 18.3. The van der Waals surface area contributed by atoms with Crippen LogP contribution in [0.25, 0.3) is 5.52 Å². The van der Waals surface area contributed by atoms with E-state index in [1.54, 1.807) is 12.5 Å². The maximum absolute atomic E-state index is 5.43. The van der Waals surface area contributed by atoms with E-state index in [0.717, 1.165) is 75.5 Å². The Balaban J connectivity index is 1.30. The summed E-state index contributed by atoms with van der Waals surface area (Å²) in [4.78, 5) is 20.4. The Morgan fingerprint density at radius 2 is 1.48 bits per heavy atom. The van der Waals surface area contributed by atoms with Crippen molar-refractivity contribution in [2.45, 2.75) is 0 Å². The van der Waals surface area contributed by atoms with E-state index < -0.39 is 0 Å². The first-order chi connectivity index (χ1) is 13.4. The zero-order valence-corrected chi connectivity index (χ0v) is 15.1. The molecule has 0 saturated carbocycles. The van der Waals surface area contributed by atoms with Gasteiger partial charge in [-0.15, -0.1) is 0 Å². The van der Waals surface area contributed by atoms with Crippen LogP contribution in [0.4, 0.5) is 17.5 Å². The van der Waals surface area contributed by atoms with E-state index >= 15 is 0 Å². The summed E-state index contributed by atoms with van der Waals surface area (Å²) >= 11 is 0. The number of morpholine rings is 1. The van der Waals surface area contributed by atoms with E-state index in [1.165, 1.54) is 0 Å². The van der Waals surface area contributed by atoms with E-state index in [0.29, 0.717) is 0 Å². The van der Waals surface area contributed by atoms with Gasteiger partial charge < -0.3 is 19.4 Å². The van der Waals surface area contributed by atoms with Crippen LogP contribution in [-0.4, -0.2) is 77.0 Å². The van der Waals surface area contributed by atoms with Gasteiger partial charge in [0.15, 0.2) is 5.82 Å². The van der Waals surface area contributed by atoms with Gasteiger partial charge in [-0.05, 0) is 6.07 Å². The van der Waals surface area contributed by atoms with E-state index in [1.807, 2.05) is 23.0 Å². The fraction of sp³-hybridized carbons (Fsp3) is 0.444. The van der Waals surface area contributed by atoms with Crippen LogP contribution in [-0.2, 0) is 4.74 Å². The summed E-state index contributed by atoms with van der Waals surface area (Å²) in [5, 5.41) is 4.30. The lowest BCUT2D eigenvalue weighted by atomic mass is 10.3. The molecule has 0 spiro atoms. The van der Waals surface area contributed by atoms with Gasteiger partial charge in [0.2, 0.25) is 0 Å². The van der Waals surface area contributed by atoms with Crippen molar-refractivity contribution < 1.29 is 4.74 Å². The van der Waals surface area contributed by atoms with Crippen LogP contribution in [0.1, 0.15) is 0 Å². The molecule has 0 atom stereocenters. The van der Waals surface area contributed by atoms with Crippen LogP contribution in [0.15, 0.2) is 37.1 Å². The second-order valence-electron chi connectivity index (χ2n) is 6.72. The van der Waals surface area contributed by atoms with Gasteiger partial charge in [0.25, 0.3) is 0 Å². The highest BCUT2D eigenvalue weighted by Crippen LogP contribution is 2.23.